The largest absolute Gasteiger partial charge is 0.376 e. The van der Waals surface area contributed by atoms with Gasteiger partial charge in [-0.2, -0.15) is 0 Å². The minimum absolute atomic E-state index is 0.0775. The van der Waals surface area contributed by atoms with Crippen molar-refractivity contribution in [1.29, 1.82) is 0 Å². The molecule has 4 aromatic rings. The summed E-state index contributed by atoms with van der Waals surface area (Å²) in [4.78, 5) is 32.8. The van der Waals surface area contributed by atoms with Gasteiger partial charge in [-0.1, -0.05) is 48.5 Å². The number of carbonyl (C=O) groups excluding carboxylic acids is 2. The predicted molar refractivity (Wildman–Crippen MR) is 148 cm³/mol. The van der Waals surface area contributed by atoms with Gasteiger partial charge in [0.05, 0.1) is 17.4 Å². The highest BCUT2D eigenvalue weighted by molar-refractivity contribution is 5.99. The first kappa shape index (κ1) is 26.3. The molecule has 200 valence electrons. The molecule has 1 aliphatic rings. The van der Waals surface area contributed by atoms with E-state index in [1.165, 1.54) is 23.1 Å². The van der Waals surface area contributed by atoms with Gasteiger partial charge in [0.2, 0.25) is 11.9 Å². The molecule has 3 aromatic carbocycles. The molecular formula is C31H31FN4O3. The molecule has 1 saturated heterocycles. The first-order chi connectivity index (χ1) is 18.9. The van der Waals surface area contributed by atoms with Crippen LogP contribution in [0.1, 0.15) is 34.3 Å². The van der Waals surface area contributed by atoms with Crippen LogP contribution in [0.5, 0.6) is 0 Å². The lowest BCUT2D eigenvalue weighted by Gasteiger charge is -2.25. The maximum Gasteiger partial charge on any atom is 0.257 e. The minimum atomic E-state index is -0.627. The minimum Gasteiger partial charge on any atom is -0.376 e. The van der Waals surface area contributed by atoms with Crippen LogP contribution in [-0.4, -0.2) is 52.1 Å². The summed E-state index contributed by atoms with van der Waals surface area (Å²) in [5, 5.41) is 2.89. The fourth-order valence-electron chi connectivity index (χ4n) is 4.68. The van der Waals surface area contributed by atoms with Crippen molar-refractivity contribution in [3.63, 3.8) is 0 Å². The van der Waals surface area contributed by atoms with Crippen molar-refractivity contribution in [3.8, 4) is 16.9 Å². The molecule has 1 aromatic heterocycles. The van der Waals surface area contributed by atoms with Gasteiger partial charge >= 0.3 is 0 Å². The maximum absolute atomic E-state index is 14.5. The molecule has 2 amide bonds. The van der Waals surface area contributed by atoms with Crippen molar-refractivity contribution < 1.29 is 18.7 Å². The molecule has 0 radical (unpaired) electrons. The number of ether oxygens (including phenoxy) is 1. The lowest BCUT2D eigenvalue weighted by atomic mass is 10.1. The second kappa shape index (κ2) is 11.6. The van der Waals surface area contributed by atoms with E-state index in [0.717, 1.165) is 35.2 Å². The monoisotopic (exact) mass is 526 g/mol. The Bertz CT molecular complexity index is 1480. The number of nitrogens with zero attached hydrogens (tertiary/aromatic N) is 3. The number of benzene rings is 3. The van der Waals surface area contributed by atoms with Crippen molar-refractivity contribution in [1.82, 2.24) is 14.5 Å². The molecule has 1 atom stereocenters. The molecule has 1 aliphatic heterocycles. The third-order valence-electron chi connectivity index (χ3n) is 6.97. The van der Waals surface area contributed by atoms with Crippen LogP contribution in [-0.2, 0) is 9.53 Å². The van der Waals surface area contributed by atoms with Crippen LogP contribution in [0.4, 0.5) is 10.3 Å². The lowest BCUT2D eigenvalue weighted by molar-refractivity contribution is -0.117. The molecule has 5 rings (SSSR count). The number of halogens is 1. The van der Waals surface area contributed by atoms with Crippen molar-refractivity contribution in [3.05, 3.63) is 102 Å². The molecule has 0 aliphatic carbocycles. The Morgan fingerprint density at radius 3 is 2.54 bits per heavy atom. The van der Waals surface area contributed by atoms with Gasteiger partial charge in [0.15, 0.2) is 0 Å². The number of hydrogen-bond donors (Lipinski definition) is 1. The fraction of sp³-hybridized carbons (Fsp3) is 0.258. The van der Waals surface area contributed by atoms with E-state index in [0.29, 0.717) is 18.2 Å². The average Bonchev–Trinajstić information content (AvgIpc) is 3.60. The van der Waals surface area contributed by atoms with Gasteiger partial charge in [0.1, 0.15) is 12.4 Å². The van der Waals surface area contributed by atoms with E-state index in [-0.39, 0.29) is 24.8 Å². The molecular weight excluding hydrogens is 495 g/mol. The Kier molecular flexibility index (Phi) is 7.84. The van der Waals surface area contributed by atoms with Gasteiger partial charge < -0.3 is 9.64 Å². The average molecular weight is 527 g/mol. The zero-order chi connectivity index (χ0) is 27.4. The van der Waals surface area contributed by atoms with Crippen molar-refractivity contribution in [2.24, 2.45) is 0 Å². The molecule has 2 heterocycles. The fourth-order valence-corrected chi connectivity index (χ4v) is 4.68. The van der Waals surface area contributed by atoms with Crippen LogP contribution in [0, 0.1) is 19.7 Å². The van der Waals surface area contributed by atoms with E-state index in [1.54, 1.807) is 6.07 Å². The summed E-state index contributed by atoms with van der Waals surface area (Å²) in [6, 6.07) is 21.5. The lowest BCUT2D eigenvalue weighted by Crippen LogP contribution is -2.42. The molecule has 0 saturated carbocycles. The van der Waals surface area contributed by atoms with E-state index in [2.05, 4.69) is 5.32 Å². The number of nitrogens with one attached hydrogen (secondary N) is 1. The van der Waals surface area contributed by atoms with Crippen LogP contribution < -0.4 is 5.32 Å². The molecule has 1 fully saturated rings. The predicted octanol–water partition coefficient (Wildman–Crippen LogP) is 5.56. The van der Waals surface area contributed by atoms with Crippen molar-refractivity contribution in [2.45, 2.75) is 32.8 Å². The van der Waals surface area contributed by atoms with Gasteiger partial charge in [-0.15, -0.1) is 0 Å². The summed E-state index contributed by atoms with van der Waals surface area (Å²) in [6.45, 7) is 4.60. The Morgan fingerprint density at radius 2 is 1.82 bits per heavy atom. The smallest absolute Gasteiger partial charge is 0.257 e. The van der Waals surface area contributed by atoms with Gasteiger partial charge in [-0.3, -0.25) is 19.5 Å². The second-order valence-corrected chi connectivity index (χ2v) is 9.80. The Hall–Kier alpha value is -4.30. The van der Waals surface area contributed by atoms with Crippen LogP contribution in [0.2, 0.25) is 0 Å². The molecule has 39 heavy (non-hydrogen) atoms. The zero-order valence-electron chi connectivity index (χ0n) is 22.1. The summed E-state index contributed by atoms with van der Waals surface area (Å²) in [5.41, 5.74) is 4.64. The SMILES string of the molecule is Cc1ccc(-n2cc(-c3ccccc3)nc2NC(=O)CN(CC2CCCO2)C(=O)c2ccccc2F)cc1C. The number of hydrogen-bond acceptors (Lipinski definition) is 4. The quantitative estimate of drug-likeness (QED) is 0.326. The number of rotatable bonds is 8. The number of amides is 2. The molecule has 0 spiro atoms. The van der Waals surface area contributed by atoms with E-state index < -0.39 is 17.6 Å². The highest BCUT2D eigenvalue weighted by Gasteiger charge is 2.27. The van der Waals surface area contributed by atoms with Gasteiger partial charge in [0.25, 0.3) is 5.91 Å². The second-order valence-electron chi connectivity index (χ2n) is 9.80. The van der Waals surface area contributed by atoms with Crippen LogP contribution in [0.25, 0.3) is 16.9 Å². The van der Waals surface area contributed by atoms with E-state index in [1.807, 2.05) is 73.1 Å². The van der Waals surface area contributed by atoms with Crippen LogP contribution in [0.15, 0.2) is 79.0 Å². The third kappa shape index (κ3) is 6.07. The summed E-state index contributed by atoms with van der Waals surface area (Å²) >= 11 is 0. The number of carbonyl (C=O) groups is 2. The third-order valence-corrected chi connectivity index (χ3v) is 6.97. The number of imidazole rings is 1. The summed E-state index contributed by atoms with van der Waals surface area (Å²) in [7, 11) is 0. The normalized spacial score (nSPS) is 14.8. The highest BCUT2D eigenvalue weighted by atomic mass is 19.1. The van der Waals surface area contributed by atoms with Gasteiger partial charge in [-0.25, -0.2) is 9.37 Å². The molecule has 8 heteroatoms. The van der Waals surface area contributed by atoms with Crippen molar-refractivity contribution >= 4 is 17.8 Å². The number of anilines is 1. The Balaban J connectivity index is 1.43. The van der Waals surface area contributed by atoms with Gasteiger partial charge in [0, 0.05) is 30.6 Å². The van der Waals surface area contributed by atoms with Crippen LogP contribution in [0.3, 0.4) is 0 Å². The molecule has 1 unspecified atom stereocenters. The highest BCUT2D eigenvalue weighted by Crippen LogP contribution is 2.26. The van der Waals surface area contributed by atoms with Crippen molar-refractivity contribution in [2.75, 3.05) is 25.0 Å². The first-order valence-corrected chi connectivity index (χ1v) is 13.1. The van der Waals surface area contributed by atoms with E-state index in [4.69, 9.17) is 9.72 Å². The topological polar surface area (TPSA) is 76.5 Å². The van der Waals surface area contributed by atoms with E-state index in [9.17, 15) is 14.0 Å². The van der Waals surface area contributed by atoms with Crippen LogP contribution >= 0.6 is 0 Å². The molecule has 0 bridgehead atoms. The number of aryl methyl sites for hydroxylation is 2. The summed E-state index contributed by atoms with van der Waals surface area (Å²) < 4.78 is 22.0. The Labute approximate surface area is 227 Å². The summed E-state index contributed by atoms with van der Waals surface area (Å²) in [5.74, 6) is -1.29. The summed E-state index contributed by atoms with van der Waals surface area (Å²) in [6.07, 6.45) is 3.34. The molecule has 7 nitrogen and oxygen atoms in total. The molecule has 1 N–H and O–H groups in total. The standard InChI is InChI=1S/C31H31FN4O3/c1-21-14-15-24(17-22(21)2)36-19-28(23-9-4-3-5-10-23)33-31(36)34-29(37)20-35(18-25-11-8-16-39-25)30(38)26-12-6-7-13-27(26)32/h3-7,9-10,12-15,17,19,25H,8,11,16,18,20H2,1-2H3,(H,33,34,37). The number of aromatic nitrogens is 2. The maximum atomic E-state index is 14.5. The van der Waals surface area contributed by atoms with Gasteiger partial charge in [-0.05, 0) is 62.1 Å². The Morgan fingerprint density at radius 1 is 1.05 bits per heavy atom. The zero-order valence-corrected chi connectivity index (χ0v) is 22.1. The first-order valence-electron chi connectivity index (χ1n) is 13.1. The van der Waals surface area contributed by atoms with E-state index >= 15 is 0 Å².